The first-order valence-electron chi connectivity index (χ1n) is 10.6. The summed E-state index contributed by atoms with van der Waals surface area (Å²) >= 11 is 1.16. The Hall–Kier alpha value is -3.79. The van der Waals surface area contributed by atoms with Crippen molar-refractivity contribution in [2.45, 2.75) is 18.6 Å². The summed E-state index contributed by atoms with van der Waals surface area (Å²) in [7, 11) is 4.70. The van der Waals surface area contributed by atoms with Crippen LogP contribution in [-0.4, -0.2) is 46.0 Å². The molecule has 0 aliphatic heterocycles. The number of fused-ring (bicyclic) bond motifs is 3. The van der Waals surface area contributed by atoms with Gasteiger partial charge in [-0.15, -0.1) is 0 Å². The van der Waals surface area contributed by atoms with Crippen molar-refractivity contribution in [2.24, 2.45) is 7.05 Å². The van der Waals surface area contributed by atoms with Gasteiger partial charge in [-0.2, -0.15) is 0 Å². The summed E-state index contributed by atoms with van der Waals surface area (Å²) in [6, 6.07) is 12.2. The molecule has 10 heteroatoms. The molecule has 4 aromatic rings. The van der Waals surface area contributed by atoms with Crippen LogP contribution in [-0.2, 0) is 23.1 Å². The lowest BCUT2D eigenvalue weighted by molar-refractivity contribution is -0.113. The van der Waals surface area contributed by atoms with E-state index in [1.807, 2.05) is 36.7 Å². The number of rotatable bonds is 7. The Morgan fingerprint density at radius 3 is 2.62 bits per heavy atom. The van der Waals surface area contributed by atoms with Crippen molar-refractivity contribution in [1.29, 1.82) is 0 Å². The summed E-state index contributed by atoms with van der Waals surface area (Å²) in [6.45, 7) is 2.26. The molecule has 2 aromatic heterocycles. The van der Waals surface area contributed by atoms with E-state index in [0.717, 1.165) is 22.7 Å². The third kappa shape index (κ3) is 4.12. The van der Waals surface area contributed by atoms with Crippen LogP contribution in [0.1, 0.15) is 17.3 Å². The molecule has 0 bridgehead atoms. The van der Waals surface area contributed by atoms with Crippen LogP contribution in [0.3, 0.4) is 0 Å². The van der Waals surface area contributed by atoms with E-state index < -0.39 is 5.97 Å². The topological polar surface area (TPSA) is 104 Å². The SMILES string of the molecule is CCn1c(SCC(=O)Nc2ccccc2C(=O)OC)nc2c3cc(OC)ccc3n(C)c2c1=O. The minimum Gasteiger partial charge on any atom is -0.497 e. The van der Waals surface area contributed by atoms with E-state index in [-0.39, 0.29) is 22.8 Å². The van der Waals surface area contributed by atoms with Crippen LogP contribution < -0.4 is 15.6 Å². The molecule has 1 N–H and O–H groups in total. The number of amides is 1. The maximum absolute atomic E-state index is 13.3. The van der Waals surface area contributed by atoms with Gasteiger partial charge in [0.1, 0.15) is 16.8 Å². The molecular weight excluding hydrogens is 456 g/mol. The quantitative estimate of drug-likeness (QED) is 0.245. The molecule has 176 valence electrons. The Morgan fingerprint density at radius 1 is 1.15 bits per heavy atom. The number of nitrogens with one attached hydrogen (secondary N) is 1. The van der Waals surface area contributed by atoms with E-state index in [1.54, 1.807) is 35.9 Å². The third-order valence-corrected chi connectivity index (χ3v) is 6.50. The standard InChI is InChI=1S/C24H24N4O5S/c1-5-28-22(30)21-20(16-12-14(32-3)10-11-18(16)27(21)2)26-24(28)34-13-19(29)25-17-9-7-6-8-15(17)23(31)33-4/h6-12H,5,13H2,1-4H3,(H,25,29). The second-order valence-electron chi connectivity index (χ2n) is 7.46. The predicted molar refractivity (Wildman–Crippen MR) is 132 cm³/mol. The monoisotopic (exact) mass is 480 g/mol. The number of nitrogens with zero attached hydrogens (tertiary/aromatic N) is 3. The molecule has 0 radical (unpaired) electrons. The lowest BCUT2D eigenvalue weighted by Crippen LogP contribution is -2.24. The van der Waals surface area contributed by atoms with Crippen LogP contribution in [0.15, 0.2) is 52.4 Å². The number of benzene rings is 2. The van der Waals surface area contributed by atoms with E-state index in [0.29, 0.717) is 34.2 Å². The number of esters is 1. The van der Waals surface area contributed by atoms with Gasteiger partial charge in [0.05, 0.1) is 36.7 Å². The zero-order valence-corrected chi connectivity index (χ0v) is 20.1. The molecule has 0 atom stereocenters. The highest BCUT2D eigenvalue weighted by atomic mass is 32.2. The summed E-state index contributed by atoms with van der Waals surface area (Å²) in [6.07, 6.45) is 0. The molecule has 0 saturated carbocycles. The van der Waals surface area contributed by atoms with Gasteiger partial charge in [0, 0.05) is 19.0 Å². The Morgan fingerprint density at radius 2 is 1.91 bits per heavy atom. The number of thioether (sulfide) groups is 1. The number of carbonyl (C=O) groups is 2. The molecule has 0 saturated heterocycles. The lowest BCUT2D eigenvalue weighted by atomic mass is 10.2. The van der Waals surface area contributed by atoms with Gasteiger partial charge in [-0.3, -0.25) is 14.2 Å². The van der Waals surface area contributed by atoms with E-state index in [2.05, 4.69) is 5.32 Å². The van der Waals surface area contributed by atoms with Gasteiger partial charge >= 0.3 is 5.97 Å². The van der Waals surface area contributed by atoms with Crippen molar-refractivity contribution in [3.8, 4) is 5.75 Å². The molecule has 0 spiro atoms. The van der Waals surface area contributed by atoms with Crippen LogP contribution >= 0.6 is 11.8 Å². The zero-order chi connectivity index (χ0) is 24.4. The van der Waals surface area contributed by atoms with E-state index in [4.69, 9.17) is 14.5 Å². The van der Waals surface area contributed by atoms with Gasteiger partial charge in [-0.25, -0.2) is 9.78 Å². The number of hydrogen-bond acceptors (Lipinski definition) is 7. The number of ether oxygens (including phenoxy) is 2. The fraction of sp³-hybridized carbons (Fsp3) is 0.250. The second-order valence-corrected chi connectivity index (χ2v) is 8.40. The average Bonchev–Trinajstić information content (AvgIpc) is 3.13. The van der Waals surface area contributed by atoms with Crippen molar-refractivity contribution in [1.82, 2.24) is 14.1 Å². The first-order valence-corrected chi connectivity index (χ1v) is 11.5. The number of aryl methyl sites for hydroxylation is 1. The smallest absolute Gasteiger partial charge is 0.339 e. The highest BCUT2D eigenvalue weighted by molar-refractivity contribution is 7.99. The van der Waals surface area contributed by atoms with Crippen molar-refractivity contribution in [2.75, 3.05) is 25.3 Å². The highest BCUT2D eigenvalue weighted by Crippen LogP contribution is 2.30. The molecule has 0 aliphatic carbocycles. The van der Waals surface area contributed by atoms with Crippen LogP contribution in [0, 0.1) is 0 Å². The molecule has 34 heavy (non-hydrogen) atoms. The van der Waals surface area contributed by atoms with Gasteiger partial charge in [0.25, 0.3) is 5.56 Å². The Balaban J connectivity index is 1.67. The number of carbonyl (C=O) groups excluding carboxylic acids is 2. The number of anilines is 1. The van der Waals surface area contributed by atoms with Crippen molar-refractivity contribution in [3.05, 3.63) is 58.4 Å². The van der Waals surface area contributed by atoms with Crippen molar-refractivity contribution < 1.29 is 19.1 Å². The summed E-state index contributed by atoms with van der Waals surface area (Å²) in [5.74, 6) is -0.208. The third-order valence-electron chi connectivity index (χ3n) is 5.52. The summed E-state index contributed by atoms with van der Waals surface area (Å²) in [5.41, 5.74) is 2.36. The lowest BCUT2D eigenvalue weighted by Gasteiger charge is -2.12. The maximum atomic E-state index is 13.3. The fourth-order valence-electron chi connectivity index (χ4n) is 3.85. The number of hydrogen-bond donors (Lipinski definition) is 1. The second kappa shape index (κ2) is 9.60. The van der Waals surface area contributed by atoms with Gasteiger partial charge in [0.2, 0.25) is 5.91 Å². The minimum atomic E-state index is -0.540. The minimum absolute atomic E-state index is 0.00153. The van der Waals surface area contributed by atoms with Crippen LogP contribution in [0.2, 0.25) is 0 Å². The predicted octanol–water partition coefficient (Wildman–Crippen LogP) is 3.43. The van der Waals surface area contributed by atoms with Gasteiger partial charge < -0.3 is 19.4 Å². The molecule has 2 aromatic carbocycles. The first kappa shape index (κ1) is 23.4. The van der Waals surface area contributed by atoms with Crippen LogP contribution in [0.25, 0.3) is 21.9 Å². The van der Waals surface area contributed by atoms with Crippen molar-refractivity contribution >= 4 is 51.3 Å². The average molecular weight is 481 g/mol. The van der Waals surface area contributed by atoms with Gasteiger partial charge in [-0.1, -0.05) is 23.9 Å². The molecule has 4 rings (SSSR count). The first-order chi connectivity index (χ1) is 16.4. The van der Waals surface area contributed by atoms with Gasteiger partial charge in [0.15, 0.2) is 5.16 Å². The molecule has 0 aliphatic rings. The van der Waals surface area contributed by atoms with E-state index in [9.17, 15) is 14.4 Å². The van der Waals surface area contributed by atoms with Crippen LogP contribution in [0.5, 0.6) is 5.75 Å². The molecule has 0 unspecified atom stereocenters. The Labute approximate surface area is 199 Å². The zero-order valence-electron chi connectivity index (χ0n) is 19.2. The molecule has 2 heterocycles. The summed E-state index contributed by atoms with van der Waals surface area (Å²) in [4.78, 5) is 42.7. The Bertz CT molecular complexity index is 1470. The number of aromatic nitrogens is 3. The van der Waals surface area contributed by atoms with E-state index >= 15 is 0 Å². The molecule has 1 amide bonds. The normalized spacial score (nSPS) is 11.1. The highest BCUT2D eigenvalue weighted by Gasteiger charge is 2.19. The summed E-state index contributed by atoms with van der Waals surface area (Å²) in [5, 5.41) is 3.98. The molecular formula is C24H24N4O5S. The molecule has 0 fully saturated rings. The maximum Gasteiger partial charge on any atom is 0.339 e. The Kier molecular flexibility index (Phi) is 6.60. The summed E-state index contributed by atoms with van der Waals surface area (Å²) < 4.78 is 13.5. The number of para-hydroxylation sites is 1. The van der Waals surface area contributed by atoms with Crippen molar-refractivity contribution in [3.63, 3.8) is 0 Å². The largest absolute Gasteiger partial charge is 0.497 e. The van der Waals surface area contributed by atoms with E-state index in [1.165, 1.54) is 7.11 Å². The molecule has 9 nitrogen and oxygen atoms in total. The van der Waals surface area contributed by atoms with Gasteiger partial charge in [-0.05, 0) is 37.3 Å². The fourth-order valence-corrected chi connectivity index (χ4v) is 4.70. The number of methoxy groups -OCH3 is 2. The van der Waals surface area contributed by atoms with Crippen LogP contribution in [0.4, 0.5) is 5.69 Å².